The maximum Gasteiger partial charge on any atom is 0.0574 e. The van der Waals surface area contributed by atoms with Crippen LogP contribution in [0.1, 0.15) is 50.0 Å². The second-order valence-electron chi connectivity index (χ2n) is 3.81. The van der Waals surface area contributed by atoms with E-state index in [-0.39, 0.29) is 18.4 Å². The van der Waals surface area contributed by atoms with Gasteiger partial charge in [-0.15, -0.1) is 12.4 Å². The van der Waals surface area contributed by atoms with Crippen LogP contribution >= 0.6 is 12.4 Å². The first kappa shape index (κ1) is 14.4. The van der Waals surface area contributed by atoms with E-state index in [2.05, 4.69) is 11.9 Å². The normalized spacial score (nSPS) is 11.9. The van der Waals surface area contributed by atoms with Gasteiger partial charge in [0.05, 0.1) is 5.69 Å². The van der Waals surface area contributed by atoms with Gasteiger partial charge in [-0.1, -0.05) is 32.3 Å². The van der Waals surface area contributed by atoms with Crippen molar-refractivity contribution in [3.05, 3.63) is 29.6 Å². The van der Waals surface area contributed by atoms with E-state index in [1.165, 1.54) is 19.3 Å². The van der Waals surface area contributed by atoms with Crippen LogP contribution in [0.4, 0.5) is 0 Å². The Morgan fingerprint density at radius 3 is 2.67 bits per heavy atom. The van der Waals surface area contributed by atoms with Gasteiger partial charge in [0.25, 0.3) is 0 Å². The molecule has 0 aliphatic heterocycles. The standard InChI is InChI=1S/C12H20N2.ClH/c1-3-4-5-8-11(13)12-9-6-7-10(2)14-12;/h6-7,9,11H,3-5,8,13H2,1-2H3;1H/t11-;/m0./s1. The first-order valence-electron chi connectivity index (χ1n) is 5.43. The van der Waals surface area contributed by atoms with Gasteiger partial charge in [0.15, 0.2) is 0 Å². The predicted octanol–water partition coefficient (Wildman–Crippen LogP) is 3.39. The number of halogens is 1. The van der Waals surface area contributed by atoms with Crippen LogP contribution in [0.25, 0.3) is 0 Å². The van der Waals surface area contributed by atoms with Gasteiger partial charge in [0, 0.05) is 11.7 Å². The quantitative estimate of drug-likeness (QED) is 0.785. The van der Waals surface area contributed by atoms with Crippen molar-refractivity contribution in [2.75, 3.05) is 0 Å². The summed E-state index contributed by atoms with van der Waals surface area (Å²) in [5.41, 5.74) is 8.12. The largest absolute Gasteiger partial charge is 0.323 e. The highest BCUT2D eigenvalue weighted by molar-refractivity contribution is 5.85. The average molecular weight is 229 g/mol. The summed E-state index contributed by atoms with van der Waals surface area (Å²) in [5, 5.41) is 0. The highest BCUT2D eigenvalue weighted by atomic mass is 35.5. The number of aryl methyl sites for hydroxylation is 1. The number of aromatic nitrogens is 1. The molecule has 1 rings (SSSR count). The molecule has 15 heavy (non-hydrogen) atoms. The Morgan fingerprint density at radius 1 is 1.33 bits per heavy atom. The summed E-state index contributed by atoms with van der Waals surface area (Å²) in [5.74, 6) is 0. The monoisotopic (exact) mass is 228 g/mol. The molecule has 0 aliphatic carbocycles. The van der Waals surface area contributed by atoms with Crippen molar-refractivity contribution in [3.63, 3.8) is 0 Å². The lowest BCUT2D eigenvalue weighted by Crippen LogP contribution is -2.12. The van der Waals surface area contributed by atoms with E-state index in [1.54, 1.807) is 0 Å². The van der Waals surface area contributed by atoms with E-state index >= 15 is 0 Å². The predicted molar refractivity (Wildman–Crippen MR) is 67.3 cm³/mol. The summed E-state index contributed by atoms with van der Waals surface area (Å²) in [7, 11) is 0. The molecule has 86 valence electrons. The summed E-state index contributed by atoms with van der Waals surface area (Å²) in [6.45, 7) is 4.21. The Bertz CT molecular complexity index is 276. The molecule has 2 N–H and O–H groups in total. The van der Waals surface area contributed by atoms with Crippen molar-refractivity contribution >= 4 is 12.4 Å². The van der Waals surface area contributed by atoms with Crippen LogP contribution in [0.5, 0.6) is 0 Å². The molecule has 0 aliphatic rings. The fourth-order valence-corrected chi connectivity index (χ4v) is 1.53. The molecular formula is C12H21ClN2. The van der Waals surface area contributed by atoms with Crippen LogP contribution in [0.2, 0.25) is 0 Å². The summed E-state index contributed by atoms with van der Waals surface area (Å²) < 4.78 is 0. The third-order valence-electron chi connectivity index (χ3n) is 2.41. The van der Waals surface area contributed by atoms with Crippen molar-refractivity contribution in [1.82, 2.24) is 4.98 Å². The number of unbranched alkanes of at least 4 members (excludes halogenated alkanes) is 2. The van der Waals surface area contributed by atoms with Crippen molar-refractivity contribution in [2.45, 2.75) is 45.6 Å². The summed E-state index contributed by atoms with van der Waals surface area (Å²) in [4.78, 5) is 4.43. The number of pyridine rings is 1. The van der Waals surface area contributed by atoms with Crippen LogP contribution in [-0.2, 0) is 0 Å². The maximum absolute atomic E-state index is 6.04. The highest BCUT2D eigenvalue weighted by Crippen LogP contribution is 2.15. The van der Waals surface area contributed by atoms with Gasteiger partial charge >= 0.3 is 0 Å². The SMILES string of the molecule is CCCCC[C@H](N)c1cccc(C)n1.Cl. The molecule has 0 amide bonds. The van der Waals surface area contributed by atoms with Gasteiger partial charge in [-0.2, -0.15) is 0 Å². The zero-order chi connectivity index (χ0) is 10.4. The summed E-state index contributed by atoms with van der Waals surface area (Å²) in [6, 6.07) is 6.16. The molecule has 0 fully saturated rings. The lowest BCUT2D eigenvalue weighted by molar-refractivity contribution is 0.570. The minimum Gasteiger partial charge on any atom is -0.323 e. The molecule has 0 radical (unpaired) electrons. The second-order valence-corrected chi connectivity index (χ2v) is 3.81. The average Bonchev–Trinajstić information content (AvgIpc) is 2.18. The molecule has 1 atom stereocenters. The van der Waals surface area contributed by atoms with Gasteiger partial charge in [-0.25, -0.2) is 0 Å². The minimum absolute atomic E-state index is 0. The lowest BCUT2D eigenvalue weighted by atomic mass is 10.1. The first-order valence-corrected chi connectivity index (χ1v) is 5.43. The zero-order valence-electron chi connectivity index (χ0n) is 9.57. The number of hydrogen-bond donors (Lipinski definition) is 1. The third kappa shape index (κ3) is 5.14. The van der Waals surface area contributed by atoms with Crippen LogP contribution in [-0.4, -0.2) is 4.98 Å². The molecule has 0 bridgehead atoms. The number of hydrogen-bond acceptors (Lipinski definition) is 2. The first-order chi connectivity index (χ1) is 6.74. The molecule has 2 nitrogen and oxygen atoms in total. The Hall–Kier alpha value is -0.600. The summed E-state index contributed by atoms with van der Waals surface area (Å²) in [6.07, 6.45) is 4.76. The topological polar surface area (TPSA) is 38.9 Å². The zero-order valence-corrected chi connectivity index (χ0v) is 10.4. The van der Waals surface area contributed by atoms with E-state index in [4.69, 9.17) is 5.73 Å². The van der Waals surface area contributed by atoms with Gasteiger partial charge in [-0.05, 0) is 25.5 Å². The van der Waals surface area contributed by atoms with Crippen molar-refractivity contribution in [1.29, 1.82) is 0 Å². The van der Waals surface area contributed by atoms with Crippen LogP contribution in [0.15, 0.2) is 18.2 Å². The van der Waals surface area contributed by atoms with Gasteiger partial charge in [0.2, 0.25) is 0 Å². The van der Waals surface area contributed by atoms with E-state index < -0.39 is 0 Å². The van der Waals surface area contributed by atoms with E-state index in [1.807, 2.05) is 25.1 Å². The second kappa shape index (κ2) is 7.66. The number of nitrogens with two attached hydrogens (primary N) is 1. The smallest absolute Gasteiger partial charge is 0.0574 e. The van der Waals surface area contributed by atoms with Gasteiger partial charge < -0.3 is 5.73 Å². The molecule has 1 aromatic rings. The van der Waals surface area contributed by atoms with E-state index in [0.717, 1.165) is 17.8 Å². The van der Waals surface area contributed by atoms with E-state index in [0.29, 0.717) is 0 Å². The Balaban J connectivity index is 0.00000196. The van der Waals surface area contributed by atoms with Crippen molar-refractivity contribution in [3.8, 4) is 0 Å². The molecule has 1 heterocycles. The highest BCUT2D eigenvalue weighted by Gasteiger charge is 2.06. The molecule has 0 unspecified atom stereocenters. The van der Waals surface area contributed by atoms with Crippen LogP contribution in [0.3, 0.4) is 0 Å². The molecule has 0 saturated carbocycles. The Labute approximate surface area is 98.7 Å². The fraction of sp³-hybridized carbons (Fsp3) is 0.583. The molecule has 3 heteroatoms. The number of nitrogens with zero attached hydrogens (tertiary/aromatic N) is 1. The minimum atomic E-state index is 0. The molecular weight excluding hydrogens is 208 g/mol. The number of rotatable bonds is 5. The van der Waals surface area contributed by atoms with Crippen molar-refractivity contribution < 1.29 is 0 Å². The van der Waals surface area contributed by atoms with Gasteiger partial charge in [0.1, 0.15) is 0 Å². The third-order valence-corrected chi connectivity index (χ3v) is 2.41. The molecule has 0 saturated heterocycles. The van der Waals surface area contributed by atoms with E-state index in [9.17, 15) is 0 Å². The summed E-state index contributed by atoms with van der Waals surface area (Å²) >= 11 is 0. The Kier molecular flexibility index (Phi) is 7.35. The molecule has 0 spiro atoms. The fourth-order valence-electron chi connectivity index (χ4n) is 1.53. The molecule has 0 aromatic carbocycles. The molecule has 1 aromatic heterocycles. The van der Waals surface area contributed by atoms with Crippen LogP contribution in [0, 0.1) is 6.92 Å². The Morgan fingerprint density at radius 2 is 2.07 bits per heavy atom. The van der Waals surface area contributed by atoms with Crippen molar-refractivity contribution in [2.24, 2.45) is 5.73 Å². The van der Waals surface area contributed by atoms with Crippen LogP contribution < -0.4 is 5.73 Å². The lowest BCUT2D eigenvalue weighted by Gasteiger charge is -2.10. The van der Waals surface area contributed by atoms with Gasteiger partial charge in [-0.3, -0.25) is 4.98 Å². The maximum atomic E-state index is 6.04.